The molecule has 0 aromatic carbocycles. The second-order valence-corrected chi connectivity index (χ2v) is 6.58. The van der Waals surface area contributed by atoms with E-state index in [0.29, 0.717) is 23.8 Å². The topological polar surface area (TPSA) is 55.3 Å². The summed E-state index contributed by atoms with van der Waals surface area (Å²) >= 11 is 5.79. The van der Waals surface area contributed by atoms with Gasteiger partial charge in [0.15, 0.2) is 5.82 Å². The van der Waals surface area contributed by atoms with Gasteiger partial charge in [-0.25, -0.2) is 14.8 Å². The Kier molecular flexibility index (Phi) is 4.52. The number of ether oxygens (including phenoxy) is 1. The summed E-state index contributed by atoms with van der Waals surface area (Å²) in [5.74, 6) is 0.662. The zero-order chi connectivity index (χ0) is 15.6. The summed E-state index contributed by atoms with van der Waals surface area (Å²) in [7, 11) is 0. The molecular formula is C15H20ClN3O2. The van der Waals surface area contributed by atoms with Gasteiger partial charge in [0.05, 0.1) is 5.02 Å². The van der Waals surface area contributed by atoms with Gasteiger partial charge in [0.1, 0.15) is 5.60 Å². The smallest absolute Gasteiger partial charge is 0.410 e. The number of hydrogen-bond donors (Lipinski definition) is 0. The van der Waals surface area contributed by atoms with Crippen molar-refractivity contribution < 1.29 is 9.53 Å². The molecule has 1 aromatic rings. The highest BCUT2D eigenvalue weighted by Crippen LogP contribution is 2.25. The van der Waals surface area contributed by atoms with Crippen LogP contribution in [0.3, 0.4) is 0 Å². The highest BCUT2D eigenvalue weighted by Gasteiger charge is 2.29. The Bertz CT molecular complexity index is 549. The maximum atomic E-state index is 12.1. The van der Waals surface area contributed by atoms with Crippen LogP contribution in [0, 0.1) is 0 Å². The van der Waals surface area contributed by atoms with Crippen LogP contribution in [0.15, 0.2) is 18.5 Å². The summed E-state index contributed by atoms with van der Waals surface area (Å²) in [4.78, 5) is 22.3. The first-order chi connectivity index (χ1) is 9.76. The van der Waals surface area contributed by atoms with Gasteiger partial charge in [-0.05, 0) is 39.7 Å². The number of amides is 1. The van der Waals surface area contributed by atoms with Crippen LogP contribution in [-0.2, 0) is 4.74 Å². The number of carbonyl (C=O) groups excluding carboxylic acids is 1. The molecule has 1 aromatic heterocycles. The number of hydrogen-bond acceptors (Lipinski definition) is 4. The van der Waals surface area contributed by atoms with Crippen molar-refractivity contribution in [1.29, 1.82) is 0 Å². The molecule has 0 bridgehead atoms. The van der Waals surface area contributed by atoms with Crippen molar-refractivity contribution >= 4 is 23.3 Å². The maximum absolute atomic E-state index is 12.1. The molecule has 6 heteroatoms. The molecule has 0 aliphatic carbocycles. The third-order valence-electron chi connectivity index (χ3n) is 3.12. The van der Waals surface area contributed by atoms with E-state index in [-0.39, 0.29) is 12.1 Å². The molecule has 0 fully saturated rings. The third-order valence-corrected chi connectivity index (χ3v) is 3.31. The Morgan fingerprint density at radius 1 is 1.38 bits per heavy atom. The predicted octanol–water partition coefficient (Wildman–Crippen LogP) is 3.54. The number of nitrogens with zero attached hydrogens (tertiary/aromatic N) is 3. The largest absolute Gasteiger partial charge is 0.444 e. The van der Waals surface area contributed by atoms with Gasteiger partial charge in [0.2, 0.25) is 0 Å². The van der Waals surface area contributed by atoms with Gasteiger partial charge in [0.25, 0.3) is 0 Å². The molecule has 0 N–H and O–H groups in total. The van der Waals surface area contributed by atoms with Crippen LogP contribution in [0.4, 0.5) is 4.79 Å². The SMILES string of the molecule is C[C@@H]1CC(c2ncc(Cl)cn2)=CCN1C(=O)OC(C)(C)C. The summed E-state index contributed by atoms with van der Waals surface area (Å²) in [6.45, 7) is 8.08. The summed E-state index contributed by atoms with van der Waals surface area (Å²) in [6.07, 6.45) is 5.53. The van der Waals surface area contributed by atoms with Crippen LogP contribution in [0.1, 0.15) is 39.9 Å². The fraction of sp³-hybridized carbons (Fsp3) is 0.533. The molecule has 114 valence electrons. The monoisotopic (exact) mass is 309 g/mol. The van der Waals surface area contributed by atoms with Crippen molar-refractivity contribution in [2.75, 3.05) is 6.54 Å². The summed E-state index contributed by atoms with van der Waals surface area (Å²) < 4.78 is 5.41. The Morgan fingerprint density at radius 3 is 2.52 bits per heavy atom. The normalized spacial score (nSPS) is 19.2. The Morgan fingerprint density at radius 2 is 2.00 bits per heavy atom. The van der Waals surface area contributed by atoms with Crippen molar-refractivity contribution in [3.63, 3.8) is 0 Å². The first-order valence-corrected chi connectivity index (χ1v) is 7.30. The lowest BCUT2D eigenvalue weighted by atomic mass is 10.0. The van der Waals surface area contributed by atoms with Crippen molar-refractivity contribution in [2.24, 2.45) is 0 Å². The van der Waals surface area contributed by atoms with Crippen LogP contribution in [-0.4, -0.2) is 39.1 Å². The van der Waals surface area contributed by atoms with Crippen molar-refractivity contribution in [3.8, 4) is 0 Å². The number of halogens is 1. The van der Waals surface area contributed by atoms with Crippen LogP contribution in [0.2, 0.25) is 5.02 Å². The molecule has 1 amide bonds. The second kappa shape index (κ2) is 6.02. The molecule has 1 aliphatic heterocycles. The average Bonchev–Trinajstić information content (AvgIpc) is 2.37. The Balaban J connectivity index is 2.09. The van der Waals surface area contributed by atoms with E-state index < -0.39 is 5.60 Å². The molecule has 5 nitrogen and oxygen atoms in total. The zero-order valence-corrected chi connectivity index (χ0v) is 13.5. The molecule has 0 spiro atoms. The lowest BCUT2D eigenvalue weighted by Gasteiger charge is -2.34. The van der Waals surface area contributed by atoms with Crippen LogP contribution < -0.4 is 0 Å². The fourth-order valence-corrected chi connectivity index (χ4v) is 2.23. The van der Waals surface area contributed by atoms with E-state index in [9.17, 15) is 4.79 Å². The molecule has 0 saturated carbocycles. The Hall–Kier alpha value is -1.62. The number of rotatable bonds is 1. The number of aromatic nitrogens is 2. The van der Waals surface area contributed by atoms with E-state index in [1.807, 2.05) is 33.8 Å². The highest BCUT2D eigenvalue weighted by molar-refractivity contribution is 6.30. The van der Waals surface area contributed by atoms with Gasteiger partial charge in [-0.2, -0.15) is 0 Å². The summed E-state index contributed by atoms with van der Waals surface area (Å²) in [6, 6.07) is 0.0409. The quantitative estimate of drug-likeness (QED) is 0.796. The Labute approximate surface area is 130 Å². The second-order valence-electron chi connectivity index (χ2n) is 6.14. The molecule has 1 aliphatic rings. The van der Waals surface area contributed by atoms with Gasteiger partial charge < -0.3 is 9.64 Å². The molecule has 0 unspecified atom stereocenters. The van der Waals surface area contributed by atoms with E-state index in [1.54, 1.807) is 17.3 Å². The minimum absolute atomic E-state index is 0.0409. The fourth-order valence-electron chi connectivity index (χ4n) is 2.14. The van der Waals surface area contributed by atoms with Gasteiger partial charge >= 0.3 is 6.09 Å². The van der Waals surface area contributed by atoms with E-state index in [2.05, 4.69) is 9.97 Å². The minimum atomic E-state index is -0.486. The molecule has 2 rings (SSSR count). The number of carbonyl (C=O) groups is 1. The van der Waals surface area contributed by atoms with E-state index in [0.717, 1.165) is 5.57 Å². The predicted molar refractivity (Wildman–Crippen MR) is 82.0 cm³/mol. The van der Waals surface area contributed by atoms with Crippen molar-refractivity contribution in [2.45, 2.75) is 45.8 Å². The molecule has 0 radical (unpaired) electrons. The zero-order valence-electron chi connectivity index (χ0n) is 12.8. The molecule has 1 atom stereocenters. The summed E-state index contributed by atoms with van der Waals surface area (Å²) in [5.41, 5.74) is 0.541. The lowest BCUT2D eigenvalue weighted by molar-refractivity contribution is 0.0198. The van der Waals surface area contributed by atoms with Crippen molar-refractivity contribution in [3.05, 3.63) is 29.3 Å². The molecular weight excluding hydrogens is 290 g/mol. The maximum Gasteiger partial charge on any atom is 0.410 e. The first kappa shape index (κ1) is 15.8. The first-order valence-electron chi connectivity index (χ1n) is 6.93. The molecule has 0 saturated heterocycles. The van der Waals surface area contributed by atoms with E-state index in [4.69, 9.17) is 16.3 Å². The third kappa shape index (κ3) is 4.17. The molecule has 21 heavy (non-hydrogen) atoms. The van der Waals surface area contributed by atoms with E-state index >= 15 is 0 Å². The van der Waals surface area contributed by atoms with E-state index in [1.165, 1.54) is 0 Å². The minimum Gasteiger partial charge on any atom is -0.444 e. The van der Waals surface area contributed by atoms with Crippen molar-refractivity contribution in [1.82, 2.24) is 14.9 Å². The van der Waals surface area contributed by atoms with Gasteiger partial charge in [-0.3, -0.25) is 0 Å². The van der Waals surface area contributed by atoms with Gasteiger partial charge in [0, 0.05) is 25.0 Å². The molecule has 2 heterocycles. The standard InChI is InChI=1S/C15H20ClN3O2/c1-10-7-11(13-17-8-12(16)9-18-13)5-6-19(10)14(20)21-15(2,3)4/h5,8-10H,6-7H2,1-4H3/t10-/m1/s1. The van der Waals surface area contributed by atoms with Crippen LogP contribution in [0.5, 0.6) is 0 Å². The van der Waals surface area contributed by atoms with Gasteiger partial charge in [-0.15, -0.1) is 0 Å². The lowest BCUT2D eigenvalue weighted by Crippen LogP contribution is -2.44. The average molecular weight is 310 g/mol. The van der Waals surface area contributed by atoms with Crippen LogP contribution in [0.25, 0.3) is 5.57 Å². The van der Waals surface area contributed by atoms with Crippen LogP contribution >= 0.6 is 11.6 Å². The summed E-state index contributed by atoms with van der Waals surface area (Å²) in [5, 5.41) is 0.513. The highest BCUT2D eigenvalue weighted by atomic mass is 35.5. The van der Waals surface area contributed by atoms with Gasteiger partial charge in [-0.1, -0.05) is 17.7 Å².